The van der Waals surface area contributed by atoms with Crippen molar-refractivity contribution < 1.29 is 19.1 Å². The molecule has 5 nitrogen and oxygen atoms in total. The molecule has 0 aliphatic carbocycles. The second-order valence-corrected chi connectivity index (χ2v) is 15.8. The largest absolute Gasteiger partial charge is 0.463 e. The van der Waals surface area contributed by atoms with Crippen molar-refractivity contribution in [1.82, 2.24) is 0 Å². The second-order valence-electron chi connectivity index (χ2n) is 13.6. The number of Topliss-reactive ketones (excluding diaryl/α,β-unsaturated/α-hetero) is 1. The first kappa shape index (κ1) is 34.6. The number of halogens is 1. The summed E-state index contributed by atoms with van der Waals surface area (Å²) in [6.07, 6.45) is 0. The van der Waals surface area contributed by atoms with Gasteiger partial charge in [-0.15, -0.1) is 11.8 Å². The van der Waals surface area contributed by atoms with Crippen LogP contribution in [0.2, 0.25) is 0 Å². The molecular formula is C47H36BrNO4S. The Morgan fingerprint density at radius 3 is 1.94 bits per heavy atom. The van der Waals surface area contributed by atoms with Crippen LogP contribution in [0.1, 0.15) is 46.5 Å². The van der Waals surface area contributed by atoms with Crippen LogP contribution in [0.4, 0.5) is 5.69 Å². The van der Waals surface area contributed by atoms with E-state index >= 15 is 9.59 Å². The molecule has 2 bridgehead atoms. The Kier molecular flexibility index (Phi) is 8.49. The number of hydrogen-bond acceptors (Lipinski definition) is 6. The molecule has 2 atom stereocenters. The first-order chi connectivity index (χ1) is 26.4. The van der Waals surface area contributed by atoms with Crippen molar-refractivity contribution in [3.8, 4) is 11.1 Å². The number of nitrogens with zero attached hydrogens (tertiary/aromatic N) is 1. The molecule has 0 saturated carbocycles. The zero-order valence-electron chi connectivity index (χ0n) is 29.8. The minimum atomic E-state index is -1.90. The van der Waals surface area contributed by atoms with E-state index in [1.54, 1.807) is 30.8 Å². The number of ether oxygens (including phenoxy) is 2. The molecule has 54 heavy (non-hydrogen) atoms. The Morgan fingerprint density at radius 2 is 1.31 bits per heavy atom. The van der Waals surface area contributed by atoms with Crippen LogP contribution in [0.15, 0.2) is 178 Å². The number of rotatable bonds is 8. The molecule has 0 fully saturated rings. The normalized spacial score (nSPS) is 20.5. The highest BCUT2D eigenvalue weighted by atomic mass is 79.9. The van der Waals surface area contributed by atoms with Crippen molar-refractivity contribution >= 4 is 45.1 Å². The summed E-state index contributed by atoms with van der Waals surface area (Å²) in [6, 6.07) is 52.8. The van der Waals surface area contributed by atoms with Gasteiger partial charge in [0.1, 0.15) is 4.75 Å². The summed E-state index contributed by atoms with van der Waals surface area (Å²) < 4.78 is 13.7. The maximum absolute atomic E-state index is 15.7. The average molecular weight is 791 g/mol. The molecule has 1 spiro atoms. The number of ketones is 1. The number of carbonyl (C=O) groups excluding carboxylic acids is 2. The summed E-state index contributed by atoms with van der Waals surface area (Å²) in [5.74, 6) is -0.903. The van der Waals surface area contributed by atoms with Gasteiger partial charge in [-0.1, -0.05) is 131 Å². The summed E-state index contributed by atoms with van der Waals surface area (Å²) in [7, 11) is 0. The van der Waals surface area contributed by atoms with Crippen LogP contribution in [-0.2, 0) is 30.2 Å². The molecule has 7 heteroatoms. The number of anilines is 1. The molecule has 0 amide bonds. The third-order valence-corrected chi connectivity index (χ3v) is 13.0. The molecule has 0 radical (unpaired) electrons. The Balaban J connectivity index is 1.52. The van der Waals surface area contributed by atoms with E-state index < -0.39 is 21.9 Å². The Bertz CT molecular complexity index is 2410. The zero-order chi connectivity index (χ0) is 37.1. The van der Waals surface area contributed by atoms with Gasteiger partial charge < -0.3 is 14.4 Å². The van der Waals surface area contributed by atoms with Gasteiger partial charge in [-0.25, -0.2) is 4.79 Å². The lowest BCUT2D eigenvalue weighted by Crippen LogP contribution is -2.51. The fourth-order valence-electron chi connectivity index (χ4n) is 8.74. The number of benzene rings is 6. The zero-order valence-corrected chi connectivity index (χ0v) is 32.2. The number of likely N-dealkylation sites (N-methyl/N-ethyl adjacent to an activating group) is 1. The summed E-state index contributed by atoms with van der Waals surface area (Å²) in [5, 5.41) is 0. The molecule has 6 aromatic rings. The minimum Gasteiger partial charge on any atom is -0.463 e. The lowest BCUT2D eigenvalue weighted by Gasteiger charge is -2.48. The average Bonchev–Trinajstić information content (AvgIpc) is 3.67. The Hall–Kier alpha value is -5.21. The monoisotopic (exact) mass is 789 g/mol. The molecule has 6 aromatic carbocycles. The number of thioether (sulfide) groups is 1. The summed E-state index contributed by atoms with van der Waals surface area (Å²) in [4.78, 5) is 34.1. The first-order valence-corrected chi connectivity index (χ1v) is 19.8. The number of para-hydroxylation sites is 1. The highest BCUT2D eigenvalue weighted by Crippen LogP contribution is 2.75. The van der Waals surface area contributed by atoms with Gasteiger partial charge in [0.2, 0.25) is 5.60 Å². The fraction of sp³-hybridized carbons (Fsp3) is 0.149. The Morgan fingerprint density at radius 1 is 0.704 bits per heavy atom. The fourth-order valence-corrected chi connectivity index (χ4v) is 10.7. The van der Waals surface area contributed by atoms with Crippen LogP contribution in [0, 0.1) is 0 Å². The number of esters is 1. The summed E-state index contributed by atoms with van der Waals surface area (Å²) in [5.41, 5.74) is 4.28. The SMILES string of the molecule is CCOC(=O)[C@@]12O[C@@]3(C(=C1C(=O)c1ccc(Br)cc1)N(CC)c1ccccc1SC3(c1ccccc1)c1ccccc1)c1ccc(-c3ccccc3)cc12. The summed E-state index contributed by atoms with van der Waals surface area (Å²) in [6.45, 7) is 4.49. The van der Waals surface area contributed by atoms with Crippen LogP contribution in [0.5, 0.6) is 0 Å². The molecule has 0 N–H and O–H groups in total. The third-order valence-electron chi connectivity index (χ3n) is 10.9. The van der Waals surface area contributed by atoms with Gasteiger partial charge in [0.25, 0.3) is 0 Å². The molecule has 266 valence electrons. The maximum atomic E-state index is 15.7. The summed E-state index contributed by atoms with van der Waals surface area (Å²) >= 11 is 5.26. The second kappa shape index (κ2) is 13.3. The number of hydrogen-bond donors (Lipinski definition) is 0. The van der Waals surface area contributed by atoms with Crippen molar-refractivity contribution in [3.05, 3.63) is 201 Å². The molecule has 9 rings (SSSR count). The standard InChI is InChI=1S/C47H36BrNO4S/c1-3-49-39-22-14-15-23-40(39)54-47(34-18-10-6-11-19-34,35-20-12-7-13-21-35)46-37-29-26-33(31-16-8-5-9-17-31)30-38(37)45(53-46,44(51)52-4-2)41(43(46)49)42(50)32-24-27-36(48)28-25-32/h5-30H,3-4H2,1-2H3/t45-,46+/m0/s1. The van der Waals surface area contributed by atoms with Crippen molar-refractivity contribution in [2.45, 2.75) is 34.7 Å². The Labute approximate surface area is 327 Å². The molecule has 3 aliphatic rings. The van der Waals surface area contributed by atoms with E-state index in [9.17, 15) is 0 Å². The predicted octanol–water partition coefficient (Wildman–Crippen LogP) is 10.8. The minimum absolute atomic E-state index is 0.108. The van der Waals surface area contributed by atoms with Crippen LogP contribution < -0.4 is 4.90 Å². The highest BCUT2D eigenvalue weighted by Gasteiger charge is 2.78. The number of fused-ring (bicyclic) bond motifs is 4. The molecule has 3 aliphatic heterocycles. The van der Waals surface area contributed by atoms with Crippen molar-refractivity contribution in [1.29, 1.82) is 0 Å². The lowest BCUT2D eigenvalue weighted by molar-refractivity contribution is -0.176. The molecule has 0 saturated heterocycles. The van der Waals surface area contributed by atoms with E-state index in [-0.39, 0.29) is 18.0 Å². The van der Waals surface area contributed by atoms with Crippen LogP contribution >= 0.6 is 27.7 Å². The van der Waals surface area contributed by atoms with Crippen molar-refractivity contribution in [2.24, 2.45) is 0 Å². The van der Waals surface area contributed by atoms with E-state index in [4.69, 9.17) is 9.47 Å². The smallest absolute Gasteiger partial charge is 0.348 e. The van der Waals surface area contributed by atoms with Gasteiger partial charge in [-0.2, -0.15) is 0 Å². The lowest BCUT2D eigenvalue weighted by atomic mass is 9.64. The van der Waals surface area contributed by atoms with E-state index in [0.717, 1.165) is 42.9 Å². The predicted molar refractivity (Wildman–Crippen MR) is 217 cm³/mol. The highest BCUT2D eigenvalue weighted by molar-refractivity contribution is 9.10. The van der Waals surface area contributed by atoms with Crippen molar-refractivity contribution in [3.63, 3.8) is 0 Å². The van der Waals surface area contributed by atoms with Crippen LogP contribution in [-0.4, -0.2) is 24.9 Å². The van der Waals surface area contributed by atoms with Gasteiger partial charge in [-0.3, -0.25) is 4.79 Å². The quantitative estimate of drug-likeness (QED) is 0.113. The first-order valence-electron chi connectivity index (χ1n) is 18.2. The topological polar surface area (TPSA) is 55.8 Å². The van der Waals surface area contributed by atoms with E-state index in [2.05, 4.69) is 94.5 Å². The molecule has 3 heterocycles. The molecule has 0 unspecified atom stereocenters. The van der Waals surface area contributed by atoms with Gasteiger partial charge in [0, 0.05) is 27.0 Å². The van der Waals surface area contributed by atoms with Gasteiger partial charge in [-0.05, 0) is 84.1 Å². The van der Waals surface area contributed by atoms with Gasteiger partial charge in [0.15, 0.2) is 11.4 Å². The number of carbonyl (C=O) groups is 2. The van der Waals surface area contributed by atoms with Gasteiger partial charge in [0.05, 0.1) is 23.6 Å². The molecular weight excluding hydrogens is 754 g/mol. The van der Waals surface area contributed by atoms with Crippen LogP contribution in [0.3, 0.4) is 0 Å². The molecule has 0 aromatic heterocycles. The third kappa shape index (κ3) is 4.75. The van der Waals surface area contributed by atoms with Crippen molar-refractivity contribution in [2.75, 3.05) is 18.1 Å². The van der Waals surface area contributed by atoms with E-state index in [1.807, 2.05) is 78.9 Å². The van der Waals surface area contributed by atoms with Crippen LogP contribution in [0.25, 0.3) is 11.1 Å². The van der Waals surface area contributed by atoms with Gasteiger partial charge >= 0.3 is 5.97 Å². The maximum Gasteiger partial charge on any atom is 0.348 e. The van der Waals surface area contributed by atoms with E-state index in [1.165, 1.54) is 0 Å². The van der Waals surface area contributed by atoms with E-state index in [0.29, 0.717) is 23.4 Å².